The van der Waals surface area contributed by atoms with E-state index in [0.717, 1.165) is 17.8 Å². The van der Waals surface area contributed by atoms with Crippen LogP contribution in [0, 0.1) is 6.92 Å². The van der Waals surface area contributed by atoms with Crippen LogP contribution in [0.5, 0.6) is 11.6 Å². The molecule has 7 nitrogen and oxygen atoms in total. The van der Waals surface area contributed by atoms with E-state index in [0.29, 0.717) is 23.1 Å². The number of hydrogen-bond acceptors (Lipinski definition) is 5. The first kappa shape index (κ1) is 20.3. The van der Waals surface area contributed by atoms with Gasteiger partial charge < -0.3 is 10.1 Å². The van der Waals surface area contributed by atoms with E-state index in [4.69, 9.17) is 4.74 Å². The van der Waals surface area contributed by atoms with Crippen LogP contribution in [0.1, 0.15) is 30.7 Å². The highest BCUT2D eigenvalue weighted by Crippen LogP contribution is 2.24. The van der Waals surface area contributed by atoms with Crippen molar-refractivity contribution < 1.29 is 9.53 Å². The molecule has 1 amide bonds. The molecule has 2 aromatic carbocycles. The molecule has 1 atom stereocenters. The molecule has 0 aliphatic heterocycles. The summed E-state index contributed by atoms with van der Waals surface area (Å²) in [6, 6.07) is 20.6. The van der Waals surface area contributed by atoms with Gasteiger partial charge in [-0.25, -0.2) is 4.98 Å². The number of nitrogens with zero attached hydrogens (tertiary/aromatic N) is 4. The molecule has 0 saturated carbocycles. The molecule has 4 aromatic rings. The molecule has 7 heteroatoms. The summed E-state index contributed by atoms with van der Waals surface area (Å²) < 4.78 is 7.61. The van der Waals surface area contributed by atoms with Crippen LogP contribution < -0.4 is 10.1 Å². The van der Waals surface area contributed by atoms with Crippen LogP contribution >= 0.6 is 0 Å². The molecule has 0 aliphatic rings. The minimum Gasteiger partial charge on any atom is -0.438 e. The maximum absolute atomic E-state index is 12.7. The SMILES string of the molecule is CCC(C(=O)Nc1ccc(Oc2ccc(-n3ccnc3C)nn2)cc1)c1ccccc1. The van der Waals surface area contributed by atoms with Crippen molar-refractivity contribution in [2.45, 2.75) is 26.2 Å². The second kappa shape index (κ2) is 9.21. The summed E-state index contributed by atoms with van der Waals surface area (Å²) in [6.45, 7) is 3.91. The first-order valence-electron chi connectivity index (χ1n) is 10.1. The minimum absolute atomic E-state index is 0.0291. The molecule has 31 heavy (non-hydrogen) atoms. The van der Waals surface area contributed by atoms with Crippen molar-refractivity contribution in [3.63, 3.8) is 0 Å². The standard InChI is InChI=1S/C24H23N5O2/c1-3-21(18-7-5-4-6-8-18)24(30)26-19-9-11-20(12-10-19)31-23-14-13-22(27-28-23)29-16-15-25-17(29)2/h4-16,21H,3H2,1-2H3,(H,26,30). The van der Waals surface area contributed by atoms with Gasteiger partial charge in [0.25, 0.3) is 0 Å². The average molecular weight is 413 g/mol. The summed E-state index contributed by atoms with van der Waals surface area (Å²) in [5.41, 5.74) is 1.72. The molecule has 0 spiro atoms. The van der Waals surface area contributed by atoms with Gasteiger partial charge in [0.05, 0.1) is 5.92 Å². The molecule has 0 saturated heterocycles. The van der Waals surface area contributed by atoms with E-state index in [2.05, 4.69) is 20.5 Å². The highest BCUT2D eigenvalue weighted by Gasteiger charge is 2.18. The number of aryl methyl sites for hydroxylation is 1. The molecule has 4 rings (SSSR count). The minimum atomic E-state index is -0.190. The summed E-state index contributed by atoms with van der Waals surface area (Å²) in [7, 11) is 0. The molecule has 0 radical (unpaired) electrons. The van der Waals surface area contributed by atoms with Gasteiger partial charge in [0.1, 0.15) is 11.6 Å². The highest BCUT2D eigenvalue weighted by atomic mass is 16.5. The fourth-order valence-electron chi connectivity index (χ4n) is 3.33. The lowest BCUT2D eigenvalue weighted by Gasteiger charge is -2.15. The molecule has 0 fully saturated rings. The second-order valence-corrected chi connectivity index (χ2v) is 7.06. The van der Waals surface area contributed by atoms with Crippen LogP contribution in [-0.2, 0) is 4.79 Å². The Balaban J connectivity index is 1.39. The smallest absolute Gasteiger partial charge is 0.238 e. The first-order chi connectivity index (χ1) is 15.1. The number of carbonyl (C=O) groups is 1. The number of ether oxygens (including phenoxy) is 1. The van der Waals surface area contributed by atoms with Gasteiger partial charge in [0.15, 0.2) is 5.82 Å². The number of anilines is 1. The topological polar surface area (TPSA) is 81.9 Å². The van der Waals surface area contributed by atoms with E-state index in [1.165, 1.54) is 0 Å². The third kappa shape index (κ3) is 4.78. The highest BCUT2D eigenvalue weighted by molar-refractivity contribution is 5.95. The summed E-state index contributed by atoms with van der Waals surface area (Å²) in [6.07, 6.45) is 4.27. The maximum atomic E-state index is 12.7. The number of rotatable bonds is 7. The molecule has 0 bridgehead atoms. The van der Waals surface area contributed by atoms with Gasteiger partial charge in [0, 0.05) is 24.1 Å². The van der Waals surface area contributed by atoms with Crippen molar-refractivity contribution in [1.82, 2.24) is 19.7 Å². The van der Waals surface area contributed by atoms with Gasteiger partial charge in [-0.05, 0) is 49.2 Å². The lowest BCUT2D eigenvalue weighted by molar-refractivity contribution is -0.117. The van der Waals surface area contributed by atoms with Crippen molar-refractivity contribution in [2.75, 3.05) is 5.32 Å². The van der Waals surface area contributed by atoms with Crippen molar-refractivity contribution in [3.05, 3.63) is 90.5 Å². The van der Waals surface area contributed by atoms with Gasteiger partial charge in [0.2, 0.25) is 11.8 Å². The Bertz CT molecular complexity index is 1140. The molecule has 2 heterocycles. The lowest BCUT2D eigenvalue weighted by atomic mass is 9.95. The van der Waals surface area contributed by atoms with Gasteiger partial charge in [-0.15, -0.1) is 10.2 Å². The summed E-state index contributed by atoms with van der Waals surface area (Å²) >= 11 is 0. The van der Waals surface area contributed by atoms with E-state index >= 15 is 0 Å². The Morgan fingerprint density at radius 2 is 1.81 bits per heavy atom. The normalized spacial score (nSPS) is 11.7. The van der Waals surface area contributed by atoms with Crippen molar-refractivity contribution in [3.8, 4) is 17.4 Å². The third-order valence-corrected chi connectivity index (χ3v) is 4.97. The summed E-state index contributed by atoms with van der Waals surface area (Å²) in [5, 5.41) is 11.3. The molecule has 0 aliphatic carbocycles. The van der Waals surface area contributed by atoms with E-state index in [1.54, 1.807) is 24.4 Å². The zero-order chi connectivity index (χ0) is 21.6. The molecule has 156 valence electrons. The fourth-order valence-corrected chi connectivity index (χ4v) is 3.33. The van der Waals surface area contributed by atoms with E-state index in [9.17, 15) is 4.79 Å². The monoisotopic (exact) mass is 413 g/mol. The summed E-state index contributed by atoms with van der Waals surface area (Å²) in [5.74, 6) is 2.27. The van der Waals surface area contributed by atoms with Crippen LogP contribution in [0.2, 0.25) is 0 Å². The lowest BCUT2D eigenvalue weighted by Crippen LogP contribution is -2.20. The van der Waals surface area contributed by atoms with Crippen molar-refractivity contribution >= 4 is 11.6 Å². The number of nitrogens with one attached hydrogen (secondary N) is 1. The number of hydrogen-bond donors (Lipinski definition) is 1. The van der Waals surface area contributed by atoms with E-state index < -0.39 is 0 Å². The molecule has 1 unspecified atom stereocenters. The van der Waals surface area contributed by atoms with Crippen LogP contribution in [0.25, 0.3) is 5.82 Å². The van der Waals surface area contributed by atoms with E-state index in [1.807, 2.05) is 73.1 Å². The predicted molar refractivity (Wildman–Crippen MR) is 119 cm³/mol. The van der Waals surface area contributed by atoms with Crippen molar-refractivity contribution in [2.24, 2.45) is 0 Å². The molecule has 1 N–H and O–H groups in total. The number of amides is 1. The number of benzene rings is 2. The number of aromatic nitrogens is 4. The summed E-state index contributed by atoms with van der Waals surface area (Å²) in [4.78, 5) is 16.9. The Labute approximate surface area is 180 Å². The third-order valence-electron chi connectivity index (χ3n) is 4.97. The van der Waals surface area contributed by atoms with Crippen LogP contribution in [0.4, 0.5) is 5.69 Å². The van der Waals surface area contributed by atoms with Gasteiger partial charge in [-0.2, -0.15) is 0 Å². The number of carbonyl (C=O) groups excluding carboxylic acids is 1. The average Bonchev–Trinajstić information content (AvgIpc) is 3.23. The first-order valence-corrected chi connectivity index (χ1v) is 10.1. The predicted octanol–water partition coefficient (Wildman–Crippen LogP) is 4.90. The Morgan fingerprint density at radius 3 is 2.42 bits per heavy atom. The molecule has 2 aromatic heterocycles. The number of imidazole rings is 1. The van der Waals surface area contributed by atoms with Gasteiger partial charge >= 0.3 is 0 Å². The van der Waals surface area contributed by atoms with E-state index in [-0.39, 0.29) is 11.8 Å². The Kier molecular flexibility index (Phi) is 6.03. The Hall–Kier alpha value is -4.00. The van der Waals surface area contributed by atoms with Crippen LogP contribution in [-0.4, -0.2) is 25.7 Å². The van der Waals surface area contributed by atoms with Gasteiger partial charge in [-0.1, -0.05) is 37.3 Å². The quantitative estimate of drug-likeness (QED) is 0.466. The van der Waals surface area contributed by atoms with Crippen LogP contribution in [0.3, 0.4) is 0 Å². The van der Waals surface area contributed by atoms with Crippen LogP contribution in [0.15, 0.2) is 79.1 Å². The second-order valence-electron chi connectivity index (χ2n) is 7.06. The zero-order valence-corrected chi connectivity index (χ0v) is 17.4. The maximum Gasteiger partial charge on any atom is 0.238 e. The fraction of sp³-hybridized carbons (Fsp3) is 0.167. The largest absolute Gasteiger partial charge is 0.438 e. The molecular formula is C24H23N5O2. The zero-order valence-electron chi connectivity index (χ0n) is 17.4. The Morgan fingerprint density at radius 1 is 1.03 bits per heavy atom. The van der Waals surface area contributed by atoms with Crippen molar-refractivity contribution in [1.29, 1.82) is 0 Å². The molecular weight excluding hydrogens is 390 g/mol. The van der Waals surface area contributed by atoms with Gasteiger partial charge in [-0.3, -0.25) is 9.36 Å².